The quantitative estimate of drug-likeness (QED) is 0.825. The van der Waals surface area contributed by atoms with Gasteiger partial charge in [-0.1, -0.05) is 0 Å². The van der Waals surface area contributed by atoms with E-state index in [0.29, 0.717) is 23.4 Å². The summed E-state index contributed by atoms with van der Waals surface area (Å²) in [4.78, 5) is 36.3. The highest BCUT2D eigenvalue weighted by molar-refractivity contribution is 5.92. The molecule has 2 N–H and O–H groups in total. The molecule has 0 saturated heterocycles. The van der Waals surface area contributed by atoms with E-state index in [1.807, 2.05) is 0 Å². The number of nitrogens with zero attached hydrogens (tertiary/aromatic N) is 1. The zero-order valence-electron chi connectivity index (χ0n) is 12.4. The minimum Gasteiger partial charge on any atom is -0.497 e. The lowest BCUT2D eigenvalue weighted by molar-refractivity contribution is -0.116. The van der Waals surface area contributed by atoms with Crippen LogP contribution in [0.15, 0.2) is 34.0 Å². The van der Waals surface area contributed by atoms with Gasteiger partial charge in [-0.25, -0.2) is 4.79 Å². The molecule has 0 fully saturated rings. The van der Waals surface area contributed by atoms with Crippen LogP contribution in [0.5, 0.6) is 11.5 Å². The lowest BCUT2D eigenvalue weighted by Gasteiger charge is -2.12. The van der Waals surface area contributed by atoms with Gasteiger partial charge in [-0.3, -0.25) is 19.1 Å². The van der Waals surface area contributed by atoms with Crippen LogP contribution in [0, 0.1) is 5.82 Å². The van der Waals surface area contributed by atoms with Gasteiger partial charge in [0.15, 0.2) is 0 Å². The maximum Gasteiger partial charge on any atom is 0.328 e. The van der Waals surface area contributed by atoms with Crippen LogP contribution in [-0.4, -0.2) is 29.7 Å². The first kappa shape index (κ1) is 16.3. The van der Waals surface area contributed by atoms with Crippen molar-refractivity contribution in [2.75, 3.05) is 19.5 Å². The normalized spacial score (nSPS) is 10.2. The van der Waals surface area contributed by atoms with E-state index in [1.54, 1.807) is 17.1 Å². The SMILES string of the molecule is COc1ccc(OC)c(NC(=O)Cn2cc(F)c(=O)[nH]c2=O)c1. The van der Waals surface area contributed by atoms with Crippen molar-refractivity contribution in [2.24, 2.45) is 0 Å². The molecule has 9 heteroatoms. The summed E-state index contributed by atoms with van der Waals surface area (Å²) < 4.78 is 24.1. The molecule has 2 aromatic rings. The zero-order chi connectivity index (χ0) is 17.0. The molecule has 1 heterocycles. The Morgan fingerprint density at radius 1 is 1.30 bits per heavy atom. The minimum atomic E-state index is -1.16. The second-order valence-electron chi connectivity index (χ2n) is 4.48. The van der Waals surface area contributed by atoms with Gasteiger partial charge >= 0.3 is 5.69 Å². The van der Waals surface area contributed by atoms with E-state index in [9.17, 15) is 18.8 Å². The topological polar surface area (TPSA) is 102 Å². The summed E-state index contributed by atoms with van der Waals surface area (Å²) in [5.41, 5.74) is -1.69. The highest BCUT2D eigenvalue weighted by atomic mass is 19.1. The Morgan fingerprint density at radius 3 is 2.70 bits per heavy atom. The molecule has 0 bridgehead atoms. The van der Waals surface area contributed by atoms with Crippen molar-refractivity contribution in [1.29, 1.82) is 0 Å². The van der Waals surface area contributed by atoms with Crippen molar-refractivity contribution >= 4 is 11.6 Å². The van der Waals surface area contributed by atoms with Gasteiger partial charge in [0.25, 0.3) is 5.56 Å². The van der Waals surface area contributed by atoms with Crippen molar-refractivity contribution in [1.82, 2.24) is 9.55 Å². The van der Waals surface area contributed by atoms with Gasteiger partial charge in [-0.2, -0.15) is 4.39 Å². The van der Waals surface area contributed by atoms with E-state index in [-0.39, 0.29) is 0 Å². The number of halogens is 1. The number of anilines is 1. The van der Waals surface area contributed by atoms with Crippen molar-refractivity contribution in [3.05, 3.63) is 51.1 Å². The summed E-state index contributed by atoms with van der Waals surface area (Å²) in [5.74, 6) is -0.881. The molecule has 0 atom stereocenters. The molecule has 8 nitrogen and oxygen atoms in total. The summed E-state index contributed by atoms with van der Waals surface area (Å²) in [6.07, 6.45) is 0.670. The monoisotopic (exact) mass is 323 g/mol. The number of benzene rings is 1. The smallest absolute Gasteiger partial charge is 0.328 e. The molecule has 122 valence electrons. The third kappa shape index (κ3) is 3.76. The highest BCUT2D eigenvalue weighted by Crippen LogP contribution is 2.28. The molecular weight excluding hydrogens is 309 g/mol. The van der Waals surface area contributed by atoms with E-state index in [0.717, 1.165) is 4.57 Å². The number of hydrogen-bond acceptors (Lipinski definition) is 5. The van der Waals surface area contributed by atoms with Gasteiger partial charge in [-0.05, 0) is 12.1 Å². The van der Waals surface area contributed by atoms with Crippen LogP contribution in [0.25, 0.3) is 0 Å². The average Bonchev–Trinajstić information content (AvgIpc) is 2.52. The number of ether oxygens (including phenoxy) is 2. The van der Waals surface area contributed by atoms with Crippen LogP contribution in [0.2, 0.25) is 0 Å². The van der Waals surface area contributed by atoms with E-state index in [1.165, 1.54) is 20.3 Å². The fourth-order valence-electron chi connectivity index (χ4n) is 1.86. The van der Waals surface area contributed by atoms with E-state index >= 15 is 0 Å². The molecule has 1 aromatic carbocycles. The number of methoxy groups -OCH3 is 2. The summed E-state index contributed by atoms with van der Waals surface area (Å²) in [6, 6.07) is 4.78. The zero-order valence-corrected chi connectivity index (χ0v) is 12.4. The van der Waals surface area contributed by atoms with E-state index < -0.39 is 29.5 Å². The molecule has 0 radical (unpaired) electrons. The van der Waals surface area contributed by atoms with E-state index in [2.05, 4.69) is 5.32 Å². The molecule has 0 aliphatic heterocycles. The third-order valence-electron chi connectivity index (χ3n) is 2.96. The molecular formula is C14H14FN3O5. The van der Waals surface area contributed by atoms with Crippen LogP contribution in [0.3, 0.4) is 0 Å². The summed E-state index contributed by atoms with van der Waals surface area (Å²) in [6.45, 7) is -0.479. The van der Waals surface area contributed by atoms with Crippen molar-refractivity contribution < 1.29 is 18.7 Å². The van der Waals surface area contributed by atoms with Gasteiger partial charge in [-0.15, -0.1) is 0 Å². The standard InChI is InChI=1S/C14H14FN3O5/c1-22-8-3-4-11(23-2)10(5-8)16-12(19)7-18-6-9(15)13(20)17-14(18)21/h3-6H,7H2,1-2H3,(H,16,19)(H,17,20,21). The predicted octanol–water partition coefficient (Wildman–Crippen LogP) is 0.332. The molecule has 1 amide bonds. The average molecular weight is 323 g/mol. The Hall–Kier alpha value is -3.10. The molecule has 2 rings (SSSR count). The number of hydrogen-bond donors (Lipinski definition) is 2. The second kappa shape index (κ2) is 6.77. The number of aromatic nitrogens is 2. The largest absolute Gasteiger partial charge is 0.497 e. The molecule has 23 heavy (non-hydrogen) atoms. The summed E-state index contributed by atoms with van der Waals surface area (Å²) in [5, 5.41) is 2.53. The first-order chi connectivity index (χ1) is 10.9. The van der Waals surface area contributed by atoms with Gasteiger partial charge in [0.2, 0.25) is 11.7 Å². The highest BCUT2D eigenvalue weighted by Gasteiger charge is 2.12. The molecule has 0 saturated carbocycles. The number of H-pyrrole nitrogens is 1. The predicted molar refractivity (Wildman–Crippen MR) is 79.5 cm³/mol. The minimum absolute atomic E-state index is 0.329. The Morgan fingerprint density at radius 2 is 2.04 bits per heavy atom. The Balaban J connectivity index is 2.22. The Kier molecular flexibility index (Phi) is 4.79. The van der Waals surface area contributed by atoms with Crippen molar-refractivity contribution in [2.45, 2.75) is 6.54 Å². The third-order valence-corrected chi connectivity index (χ3v) is 2.96. The number of carbonyl (C=O) groups excluding carboxylic acids is 1. The van der Waals surface area contributed by atoms with Crippen LogP contribution in [-0.2, 0) is 11.3 Å². The lowest BCUT2D eigenvalue weighted by atomic mass is 10.2. The summed E-state index contributed by atoms with van der Waals surface area (Å²) in [7, 11) is 2.90. The van der Waals surface area contributed by atoms with Gasteiger partial charge in [0.05, 0.1) is 26.1 Å². The summed E-state index contributed by atoms with van der Waals surface area (Å²) >= 11 is 0. The fourth-order valence-corrected chi connectivity index (χ4v) is 1.86. The van der Waals surface area contributed by atoms with Crippen molar-refractivity contribution in [3.63, 3.8) is 0 Å². The van der Waals surface area contributed by atoms with Gasteiger partial charge in [0, 0.05) is 6.07 Å². The van der Waals surface area contributed by atoms with E-state index in [4.69, 9.17) is 9.47 Å². The Bertz CT molecular complexity index is 843. The molecule has 0 aliphatic rings. The van der Waals surface area contributed by atoms with Crippen LogP contribution in [0.1, 0.15) is 0 Å². The van der Waals surface area contributed by atoms with Crippen LogP contribution in [0.4, 0.5) is 10.1 Å². The number of amides is 1. The molecule has 0 aliphatic carbocycles. The number of carbonyl (C=O) groups is 1. The van der Waals surface area contributed by atoms with Crippen LogP contribution < -0.4 is 26.0 Å². The number of nitrogens with one attached hydrogen (secondary N) is 2. The van der Waals surface area contributed by atoms with Crippen LogP contribution >= 0.6 is 0 Å². The van der Waals surface area contributed by atoms with Crippen molar-refractivity contribution in [3.8, 4) is 11.5 Å². The van der Waals surface area contributed by atoms with Gasteiger partial charge < -0.3 is 14.8 Å². The maximum atomic E-state index is 13.2. The Labute approximate surface area is 129 Å². The fraction of sp³-hybridized carbons (Fsp3) is 0.214. The second-order valence-corrected chi connectivity index (χ2v) is 4.48. The van der Waals surface area contributed by atoms with Gasteiger partial charge in [0.1, 0.15) is 18.0 Å². The first-order valence-corrected chi connectivity index (χ1v) is 6.45. The first-order valence-electron chi connectivity index (χ1n) is 6.45. The maximum absolute atomic E-state index is 13.2. The molecule has 0 unspecified atom stereocenters. The number of rotatable bonds is 5. The molecule has 0 spiro atoms. The molecule has 1 aromatic heterocycles. The number of aromatic amines is 1. The lowest BCUT2D eigenvalue weighted by Crippen LogP contribution is -2.34.